The molecule has 172 valence electrons. The molecule has 0 unspecified atom stereocenters. The average Bonchev–Trinajstić information content (AvgIpc) is 2.67. The molecule has 0 aromatic heterocycles. The Morgan fingerprint density at radius 3 is 1.74 bits per heavy atom. The van der Waals surface area contributed by atoms with Gasteiger partial charge in [-0.3, -0.25) is 4.79 Å². The van der Waals surface area contributed by atoms with Crippen LogP contribution >= 0.6 is 0 Å². The van der Waals surface area contributed by atoms with E-state index in [1.54, 1.807) is 20.8 Å². The van der Waals surface area contributed by atoms with E-state index in [0.717, 1.165) is 0 Å². The highest BCUT2D eigenvalue weighted by atomic mass is 16.6. The van der Waals surface area contributed by atoms with Crippen LogP contribution in [-0.2, 0) is 23.7 Å². The van der Waals surface area contributed by atoms with Crippen LogP contribution in [0.3, 0.4) is 0 Å². The minimum atomic E-state index is -0.990. The van der Waals surface area contributed by atoms with Crippen molar-refractivity contribution in [2.24, 2.45) is 0 Å². The lowest BCUT2D eigenvalue weighted by Gasteiger charge is -2.33. The van der Waals surface area contributed by atoms with Gasteiger partial charge in [0.15, 0.2) is 0 Å². The van der Waals surface area contributed by atoms with Crippen molar-refractivity contribution in [3.8, 4) is 37.0 Å². The third kappa shape index (κ3) is 15.8. The second-order valence-corrected chi connectivity index (χ2v) is 7.81. The van der Waals surface area contributed by atoms with Crippen LogP contribution < -0.4 is 10.6 Å². The van der Waals surface area contributed by atoms with Gasteiger partial charge in [0.2, 0.25) is 5.91 Å². The molecule has 0 spiro atoms. The summed E-state index contributed by atoms with van der Waals surface area (Å²) in [6, 6.07) is 0. The fourth-order valence-corrected chi connectivity index (χ4v) is 2.42. The third-order valence-corrected chi connectivity index (χ3v) is 3.59. The third-order valence-electron chi connectivity index (χ3n) is 3.59. The minimum Gasteiger partial charge on any atom is -0.444 e. The van der Waals surface area contributed by atoms with Crippen LogP contribution in [0.25, 0.3) is 0 Å². The van der Waals surface area contributed by atoms with E-state index in [1.807, 2.05) is 0 Å². The molecule has 8 heteroatoms. The van der Waals surface area contributed by atoms with Gasteiger partial charge in [0.1, 0.15) is 31.0 Å². The van der Waals surface area contributed by atoms with Crippen LogP contribution in [0.15, 0.2) is 0 Å². The Labute approximate surface area is 186 Å². The van der Waals surface area contributed by atoms with Crippen LogP contribution in [0.1, 0.15) is 40.0 Å². The van der Waals surface area contributed by atoms with Crippen molar-refractivity contribution in [3.05, 3.63) is 0 Å². The van der Waals surface area contributed by atoms with E-state index >= 15 is 0 Å². The number of rotatable bonds is 15. The van der Waals surface area contributed by atoms with Gasteiger partial charge in [-0.2, -0.15) is 0 Å². The van der Waals surface area contributed by atoms with Gasteiger partial charge < -0.3 is 29.6 Å². The Bertz CT molecular complexity index is 613. The molecule has 0 aliphatic heterocycles. The molecule has 0 saturated heterocycles. The molecule has 0 radical (unpaired) electrons. The molecule has 0 fully saturated rings. The predicted molar refractivity (Wildman–Crippen MR) is 118 cm³/mol. The van der Waals surface area contributed by atoms with E-state index < -0.39 is 17.2 Å². The molecule has 8 nitrogen and oxygen atoms in total. The van der Waals surface area contributed by atoms with E-state index in [-0.39, 0.29) is 52.0 Å². The van der Waals surface area contributed by atoms with E-state index in [0.29, 0.717) is 19.4 Å². The summed E-state index contributed by atoms with van der Waals surface area (Å²) in [6.45, 7) is 6.17. The monoisotopic (exact) mass is 434 g/mol. The number of hydrogen-bond donors (Lipinski definition) is 2. The maximum absolute atomic E-state index is 12.5. The lowest BCUT2D eigenvalue weighted by atomic mass is 10.0. The molecule has 0 saturated carbocycles. The number of alkyl carbamates (subject to hydrolysis) is 1. The highest BCUT2D eigenvalue weighted by Gasteiger charge is 2.33. The largest absolute Gasteiger partial charge is 0.444 e. The molecule has 0 aromatic carbocycles. The van der Waals surface area contributed by atoms with E-state index in [4.69, 9.17) is 38.2 Å². The van der Waals surface area contributed by atoms with E-state index in [9.17, 15) is 9.59 Å². The summed E-state index contributed by atoms with van der Waals surface area (Å²) in [5.74, 6) is 6.89. The summed E-state index contributed by atoms with van der Waals surface area (Å²) in [6.07, 6.45) is 16.6. The molecule has 0 rings (SSSR count). The lowest BCUT2D eigenvalue weighted by Crippen LogP contribution is -2.58. The number of hydrogen-bond acceptors (Lipinski definition) is 6. The molecule has 0 heterocycles. The maximum Gasteiger partial charge on any atom is 0.407 e. The fraction of sp³-hybridized carbons (Fsp3) is 0.652. The van der Waals surface area contributed by atoms with E-state index in [1.165, 1.54) is 0 Å². The standard InChI is InChI=1S/C23H34N2O6/c1-7-14-28-17-23(18-29-15-8-2,19-30-16-9-3)25-20(26)12-10-11-13-24-21(27)31-22(4,5)6/h1-3H,10-19H2,4-6H3,(H,24,27)(H,25,26). The second kappa shape index (κ2) is 16.1. The number of carbonyl (C=O) groups excluding carboxylic acids is 2. The Morgan fingerprint density at radius 2 is 1.32 bits per heavy atom. The Balaban J connectivity index is 4.70. The van der Waals surface area contributed by atoms with Crippen LogP contribution in [0.4, 0.5) is 4.79 Å². The first kappa shape index (κ1) is 28.3. The smallest absolute Gasteiger partial charge is 0.407 e. The summed E-state index contributed by atoms with van der Waals surface area (Å²) in [5, 5.41) is 5.56. The predicted octanol–water partition coefficient (Wildman–Crippen LogP) is 1.49. The van der Waals surface area contributed by atoms with Gasteiger partial charge in [-0.25, -0.2) is 4.79 Å². The van der Waals surface area contributed by atoms with Crippen LogP contribution in [0, 0.1) is 37.0 Å². The lowest BCUT2D eigenvalue weighted by molar-refractivity contribution is -0.127. The van der Waals surface area contributed by atoms with Gasteiger partial charge in [-0.1, -0.05) is 17.8 Å². The maximum atomic E-state index is 12.5. The molecule has 2 N–H and O–H groups in total. The normalized spacial score (nSPS) is 11.0. The van der Waals surface area contributed by atoms with E-state index in [2.05, 4.69) is 28.4 Å². The van der Waals surface area contributed by atoms with Crippen LogP contribution in [0.2, 0.25) is 0 Å². The van der Waals surface area contributed by atoms with Gasteiger partial charge in [0, 0.05) is 13.0 Å². The van der Waals surface area contributed by atoms with Crippen LogP contribution in [-0.4, -0.2) is 69.3 Å². The summed E-state index contributed by atoms with van der Waals surface area (Å²) in [5.41, 5.74) is -1.55. The van der Waals surface area contributed by atoms with Crippen molar-refractivity contribution in [1.29, 1.82) is 0 Å². The molecular weight excluding hydrogens is 400 g/mol. The minimum absolute atomic E-state index is 0.0677. The average molecular weight is 435 g/mol. The quantitative estimate of drug-likeness (QED) is 0.300. The summed E-state index contributed by atoms with van der Waals surface area (Å²) in [4.78, 5) is 24.2. The van der Waals surface area contributed by atoms with Crippen molar-refractivity contribution < 1.29 is 28.5 Å². The number of ether oxygens (including phenoxy) is 4. The molecular formula is C23H34N2O6. The molecule has 2 amide bonds. The van der Waals surface area contributed by atoms with Gasteiger partial charge in [0.05, 0.1) is 19.8 Å². The second-order valence-electron chi connectivity index (χ2n) is 7.81. The van der Waals surface area contributed by atoms with Gasteiger partial charge >= 0.3 is 6.09 Å². The first-order chi connectivity index (χ1) is 14.7. The number of nitrogens with one attached hydrogen (secondary N) is 2. The number of carbonyl (C=O) groups is 2. The van der Waals surface area contributed by atoms with Crippen molar-refractivity contribution >= 4 is 12.0 Å². The molecule has 0 bridgehead atoms. The van der Waals surface area contributed by atoms with Crippen molar-refractivity contribution in [3.63, 3.8) is 0 Å². The number of amides is 2. The topological polar surface area (TPSA) is 95.1 Å². The van der Waals surface area contributed by atoms with Gasteiger partial charge in [-0.05, 0) is 33.6 Å². The Kier molecular flexibility index (Phi) is 14.7. The zero-order valence-electron chi connectivity index (χ0n) is 18.8. The summed E-state index contributed by atoms with van der Waals surface area (Å²) in [7, 11) is 0. The van der Waals surface area contributed by atoms with Gasteiger partial charge in [-0.15, -0.1) is 19.3 Å². The van der Waals surface area contributed by atoms with Crippen molar-refractivity contribution in [1.82, 2.24) is 10.6 Å². The zero-order chi connectivity index (χ0) is 23.6. The molecule has 0 aliphatic carbocycles. The number of unbranched alkanes of at least 4 members (excludes halogenated alkanes) is 1. The summed E-state index contributed by atoms with van der Waals surface area (Å²) < 4.78 is 21.5. The highest BCUT2D eigenvalue weighted by molar-refractivity contribution is 5.76. The highest BCUT2D eigenvalue weighted by Crippen LogP contribution is 2.11. The Hall–Kier alpha value is -2.70. The molecule has 0 aromatic rings. The first-order valence-electron chi connectivity index (χ1n) is 9.99. The fourth-order valence-electron chi connectivity index (χ4n) is 2.42. The Morgan fingerprint density at radius 1 is 0.839 bits per heavy atom. The van der Waals surface area contributed by atoms with Crippen molar-refractivity contribution in [2.45, 2.75) is 51.2 Å². The number of terminal acetylenes is 3. The van der Waals surface area contributed by atoms with Crippen LogP contribution in [0.5, 0.6) is 0 Å². The molecule has 31 heavy (non-hydrogen) atoms. The SMILES string of the molecule is C#CCOCC(COCC#C)(COCC#C)NC(=O)CCCCNC(=O)OC(C)(C)C. The molecule has 0 aliphatic rings. The zero-order valence-corrected chi connectivity index (χ0v) is 18.8. The summed E-state index contributed by atoms with van der Waals surface area (Å²) >= 11 is 0. The van der Waals surface area contributed by atoms with Gasteiger partial charge in [0.25, 0.3) is 0 Å². The molecule has 0 atom stereocenters. The first-order valence-corrected chi connectivity index (χ1v) is 9.99. The van der Waals surface area contributed by atoms with Crippen molar-refractivity contribution in [2.75, 3.05) is 46.2 Å².